The van der Waals surface area contributed by atoms with Crippen molar-refractivity contribution in [3.63, 3.8) is 0 Å². The second-order valence-electron chi connectivity index (χ2n) is 6.93. The predicted octanol–water partition coefficient (Wildman–Crippen LogP) is 2.77. The number of nitrogens with zero attached hydrogens (tertiary/aromatic N) is 2. The monoisotopic (exact) mass is 306 g/mol. The summed E-state index contributed by atoms with van der Waals surface area (Å²) in [5.74, 6) is 1.79. The number of nitrogens with one attached hydrogen (secondary N) is 2. The zero-order chi connectivity index (χ0) is 15.8. The van der Waals surface area contributed by atoms with Gasteiger partial charge in [-0.15, -0.1) is 0 Å². The second-order valence-corrected chi connectivity index (χ2v) is 6.93. The molecule has 0 spiro atoms. The minimum absolute atomic E-state index is 0.519. The molecule has 2 aliphatic rings. The van der Waals surface area contributed by atoms with Crippen molar-refractivity contribution in [2.45, 2.75) is 64.0 Å². The van der Waals surface area contributed by atoms with Gasteiger partial charge in [-0.25, -0.2) is 0 Å². The lowest BCUT2D eigenvalue weighted by Gasteiger charge is -2.34. The van der Waals surface area contributed by atoms with Crippen LogP contribution in [0, 0.1) is 5.92 Å². The van der Waals surface area contributed by atoms with Crippen molar-refractivity contribution in [3.8, 4) is 0 Å². The van der Waals surface area contributed by atoms with Crippen molar-refractivity contribution in [1.82, 2.24) is 15.5 Å². The molecule has 0 heterocycles. The molecule has 4 heteroatoms. The van der Waals surface area contributed by atoms with E-state index in [4.69, 9.17) is 4.99 Å². The molecule has 0 aromatic carbocycles. The Morgan fingerprint density at radius 2 is 1.86 bits per heavy atom. The van der Waals surface area contributed by atoms with Crippen LogP contribution in [0.1, 0.15) is 51.9 Å². The molecule has 0 saturated heterocycles. The van der Waals surface area contributed by atoms with Crippen LogP contribution in [-0.2, 0) is 0 Å². The molecule has 1 saturated carbocycles. The number of likely N-dealkylation sites (N-methyl/N-ethyl adjacent to an activating group) is 1. The Kier molecular flexibility index (Phi) is 7.23. The van der Waals surface area contributed by atoms with E-state index in [1.807, 2.05) is 0 Å². The highest BCUT2D eigenvalue weighted by Gasteiger charge is 2.25. The first kappa shape index (κ1) is 17.3. The summed E-state index contributed by atoms with van der Waals surface area (Å²) in [5.41, 5.74) is 0. The zero-order valence-corrected chi connectivity index (χ0v) is 14.6. The standard InChI is InChI=1S/C18H34N4/c1-4-19-18(21-16-12-8-9-13-16)20-14-17(22(2)3)15-10-6-5-7-11-15/h8-9,15-17H,4-7,10-14H2,1-3H3,(H2,19,20,21). The van der Waals surface area contributed by atoms with Crippen molar-refractivity contribution < 1.29 is 0 Å². The summed E-state index contributed by atoms with van der Waals surface area (Å²) in [4.78, 5) is 7.27. The fraction of sp³-hybridized carbons (Fsp3) is 0.833. The molecule has 0 bridgehead atoms. The molecular weight excluding hydrogens is 272 g/mol. The van der Waals surface area contributed by atoms with Gasteiger partial charge in [0, 0.05) is 18.6 Å². The smallest absolute Gasteiger partial charge is 0.191 e. The minimum atomic E-state index is 0.519. The van der Waals surface area contributed by atoms with Crippen molar-refractivity contribution >= 4 is 5.96 Å². The van der Waals surface area contributed by atoms with Crippen molar-refractivity contribution in [3.05, 3.63) is 12.2 Å². The van der Waals surface area contributed by atoms with E-state index >= 15 is 0 Å². The lowest BCUT2D eigenvalue weighted by molar-refractivity contribution is 0.176. The van der Waals surface area contributed by atoms with Crippen LogP contribution in [-0.4, -0.2) is 50.1 Å². The molecule has 0 aromatic heterocycles. The van der Waals surface area contributed by atoms with E-state index < -0.39 is 0 Å². The summed E-state index contributed by atoms with van der Waals surface area (Å²) >= 11 is 0. The summed E-state index contributed by atoms with van der Waals surface area (Å²) in [6.45, 7) is 3.95. The van der Waals surface area contributed by atoms with Gasteiger partial charge >= 0.3 is 0 Å². The van der Waals surface area contributed by atoms with Gasteiger partial charge in [0.05, 0.1) is 6.54 Å². The molecule has 1 fully saturated rings. The third-order valence-electron chi connectivity index (χ3n) is 4.99. The highest BCUT2D eigenvalue weighted by atomic mass is 15.2. The number of hydrogen-bond donors (Lipinski definition) is 2. The van der Waals surface area contributed by atoms with Gasteiger partial charge in [-0.1, -0.05) is 31.4 Å². The van der Waals surface area contributed by atoms with Gasteiger partial charge in [-0.05, 0) is 52.6 Å². The van der Waals surface area contributed by atoms with E-state index in [1.165, 1.54) is 32.1 Å². The Hall–Kier alpha value is -1.03. The van der Waals surface area contributed by atoms with E-state index in [9.17, 15) is 0 Å². The van der Waals surface area contributed by atoms with Crippen LogP contribution in [0.3, 0.4) is 0 Å². The molecule has 0 radical (unpaired) electrons. The van der Waals surface area contributed by atoms with Crippen LogP contribution in [0.15, 0.2) is 17.1 Å². The SMILES string of the molecule is CCNC(=NCC(C1CCCCC1)N(C)C)NC1CC=CC1. The summed E-state index contributed by atoms with van der Waals surface area (Å²) in [7, 11) is 4.41. The summed E-state index contributed by atoms with van der Waals surface area (Å²) in [6, 6.07) is 1.09. The quantitative estimate of drug-likeness (QED) is 0.450. The van der Waals surface area contributed by atoms with Crippen LogP contribution >= 0.6 is 0 Å². The number of hydrogen-bond acceptors (Lipinski definition) is 2. The normalized spacial score (nSPS) is 22.3. The maximum atomic E-state index is 4.90. The average molecular weight is 306 g/mol. The maximum Gasteiger partial charge on any atom is 0.191 e. The summed E-state index contributed by atoms with van der Waals surface area (Å²) in [6.07, 6.45) is 13.7. The van der Waals surface area contributed by atoms with Crippen LogP contribution in [0.4, 0.5) is 0 Å². The van der Waals surface area contributed by atoms with Crippen LogP contribution < -0.4 is 10.6 Å². The summed E-state index contributed by atoms with van der Waals surface area (Å²) in [5, 5.41) is 6.97. The minimum Gasteiger partial charge on any atom is -0.357 e. The number of guanidine groups is 1. The number of aliphatic imine (C=N–C) groups is 1. The lowest BCUT2D eigenvalue weighted by Crippen LogP contribution is -2.44. The van der Waals surface area contributed by atoms with E-state index in [-0.39, 0.29) is 0 Å². The molecule has 126 valence electrons. The Labute approximate surface area is 136 Å². The third-order valence-corrected chi connectivity index (χ3v) is 4.99. The van der Waals surface area contributed by atoms with E-state index in [1.54, 1.807) is 0 Å². The molecule has 2 N–H and O–H groups in total. The Bertz CT molecular complexity index is 361. The third kappa shape index (κ3) is 5.31. The van der Waals surface area contributed by atoms with Gasteiger partial charge in [0.2, 0.25) is 0 Å². The zero-order valence-electron chi connectivity index (χ0n) is 14.6. The first-order valence-electron chi connectivity index (χ1n) is 9.07. The average Bonchev–Trinajstić information content (AvgIpc) is 3.01. The summed E-state index contributed by atoms with van der Waals surface area (Å²) < 4.78 is 0. The van der Waals surface area contributed by atoms with Gasteiger partial charge in [-0.2, -0.15) is 0 Å². The Morgan fingerprint density at radius 3 is 2.45 bits per heavy atom. The lowest BCUT2D eigenvalue weighted by atomic mass is 9.83. The fourth-order valence-corrected chi connectivity index (χ4v) is 3.69. The van der Waals surface area contributed by atoms with Gasteiger partial charge in [0.25, 0.3) is 0 Å². The van der Waals surface area contributed by atoms with Crippen molar-refractivity contribution in [2.24, 2.45) is 10.9 Å². The van der Waals surface area contributed by atoms with Crippen LogP contribution in [0.25, 0.3) is 0 Å². The largest absolute Gasteiger partial charge is 0.357 e. The van der Waals surface area contributed by atoms with Gasteiger partial charge in [0.1, 0.15) is 0 Å². The maximum absolute atomic E-state index is 4.90. The molecular formula is C18H34N4. The Morgan fingerprint density at radius 1 is 1.18 bits per heavy atom. The second kappa shape index (κ2) is 9.19. The van der Waals surface area contributed by atoms with Crippen molar-refractivity contribution in [2.75, 3.05) is 27.2 Å². The van der Waals surface area contributed by atoms with Crippen LogP contribution in [0.2, 0.25) is 0 Å². The molecule has 0 aliphatic heterocycles. The first-order chi connectivity index (χ1) is 10.7. The Balaban J connectivity index is 1.92. The molecule has 4 nitrogen and oxygen atoms in total. The molecule has 2 aliphatic carbocycles. The van der Waals surface area contributed by atoms with Gasteiger partial charge in [-0.3, -0.25) is 4.99 Å². The molecule has 22 heavy (non-hydrogen) atoms. The van der Waals surface area contributed by atoms with E-state index in [2.05, 4.69) is 48.7 Å². The topological polar surface area (TPSA) is 39.7 Å². The molecule has 0 aromatic rings. The highest BCUT2D eigenvalue weighted by molar-refractivity contribution is 5.80. The molecule has 1 unspecified atom stereocenters. The van der Waals surface area contributed by atoms with E-state index in [0.29, 0.717) is 12.1 Å². The first-order valence-corrected chi connectivity index (χ1v) is 9.07. The fourth-order valence-electron chi connectivity index (χ4n) is 3.69. The van der Waals surface area contributed by atoms with Gasteiger partial charge in [0.15, 0.2) is 5.96 Å². The highest BCUT2D eigenvalue weighted by Crippen LogP contribution is 2.28. The van der Waals surface area contributed by atoms with Gasteiger partial charge < -0.3 is 15.5 Å². The number of rotatable bonds is 6. The molecule has 1 atom stereocenters. The molecule has 0 amide bonds. The predicted molar refractivity (Wildman–Crippen MR) is 95.3 cm³/mol. The van der Waals surface area contributed by atoms with E-state index in [0.717, 1.165) is 37.8 Å². The molecule has 2 rings (SSSR count). The van der Waals surface area contributed by atoms with Crippen molar-refractivity contribution in [1.29, 1.82) is 0 Å². The van der Waals surface area contributed by atoms with Crippen LogP contribution in [0.5, 0.6) is 0 Å².